The summed E-state index contributed by atoms with van der Waals surface area (Å²) in [5, 5.41) is 11.3. The summed E-state index contributed by atoms with van der Waals surface area (Å²) in [4.78, 5) is 28.4. The topological polar surface area (TPSA) is 83.7 Å². The molecule has 0 aliphatic heterocycles. The van der Waals surface area contributed by atoms with Crippen LogP contribution in [0.2, 0.25) is 0 Å². The molecule has 0 aromatic carbocycles. The molecule has 0 radical (unpaired) electrons. The number of nitrogens with zero attached hydrogens (tertiary/aromatic N) is 2. The summed E-state index contributed by atoms with van der Waals surface area (Å²) in [6, 6.07) is 0. The van der Waals surface area contributed by atoms with Crippen LogP contribution in [0.3, 0.4) is 0 Å². The number of amides is 1. The van der Waals surface area contributed by atoms with Crippen molar-refractivity contribution >= 4 is 28.2 Å². The highest BCUT2D eigenvalue weighted by atomic mass is 32.1. The first kappa shape index (κ1) is 14.5. The van der Waals surface area contributed by atoms with Crippen molar-refractivity contribution in [1.82, 2.24) is 14.7 Å². The Morgan fingerprint density at radius 3 is 2.85 bits per heavy atom. The van der Waals surface area contributed by atoms with Crippen LogP contribution < -0.4 is 5.32 Å². The Hall–Kier alpha value is -1.89. The Morgan fingerprint density at radius 1 is 1.35 bits per heavy atom. The lowest BCUT2D eigenvalue weighted by Crippen LogP contribution is -2.24. The second-order valence-electron chi connectivity index (χ2n) is 4.62. The quantitative estimate of drug-likeness (QED) is 0.766. The van der Waals surface area contributed by atoms with Crippen LogP contribution in [0.25, 0.3) is 4.96 Å². The van der Waals surface area contributed by atoms with Gasteiger partial charge in [-0.3, -0.25) is 14.0 Å². The van der Waals surface area contributed by atoms with E-state index in [-0.39, 0.29) is 12.3 Å². The van der Waals surface area contributed by atoms with Gasteiger partial charge in [-0.15, -0.1) is 11.3 Å². The molecule has 2 N–H and O–H groups in total. The third kappa shape index (κ3) is 3.80. The summed E-state index contributed by atoms with van der Waals surface area (Å²) in [6.45, 7) is 2.54. The minimum absolute atomic E-state index is 0.184. The first-order valence-corrected chi connectivity index (χ1v) is 7.33. The van der Waals surface area contributed by atoms with Gasteiger partial charge >= 0.3 is 5.97 Å². The maximum Gasteiger partial charge on any atom is 0.303 e. The van der Waals surface area contributed by atoms with Crippen molar-refractivity contribution in [3.05, 3.63) is 23.0 Å². The molecule has 7 heteroatoms. The first-order chi connectivity index (χ1) is 9.56. The van der Waals surface area contributed by atoms with E-state index in [1.54, 1.807) is 17.5 Å². The molecule has 0 fully saturated rings. The lowest BCUT2D eigenvalue weighted by atomic mass is 10.2. The number of carboxylic acids is 1. The Morgan fingerprint density at radius 2 is 2.15 bits per heavy atom. The monoisotopic (exact) mass is 295 g/mol. The van der Waals surface area contributed by atoms with Crippen molar-refractivity contribution in [2.75, 3.05) is 6.54 Å². The molecule has 6 nitrogen and oxygen atoms in total. The van der Waals surface area contributed by atoms with E-state index in [9.17, 15) is 9.59 Å². The molecule has 0 aliphatic carbocycles. The zero-order chi connectivity index (χ0) is 14.5. The summed E-state index contributed by atoms with van der Waals surface area (Å²) in [7, 11) is 0. The third-order valence-electron chi connectivity index (χ3n) is 2.86. The molecule has 2 rings (SSSR count). The number of unbranched alkanes of at least 4 members (excludes halogenated alkanes) is 2. The number of carbonyl (C=O) groups excluding carboxylic acids is 1. The number of aromatic nitrogens is 2. The van der Waals surface area contributed by atoms with Crippen molar-refractivity contribution in [2.45, 2.75) is 32.6 Å². The van der Waals surface area contributed by atoms with Crippen LogP contribution in [0, 0.1) is 6.92 Å². The molecule has 2 heterocycles. The SMILES string of the molecule is Cc1cn2cc(C(=O)NCCCCCC(=O)O)nc2s1. The lowest BCUT2D eigenvalue weighted by molar-refractivity contribution is -0.137. The first-order valence-electron chi connectivity index (χ1n) is 6.51. The smallest absolute Gasteiger partial charge is 0.303 e. The van der Waals surface area contributed by atoms with Gasteiger partial charge in [0.25, 0.3) is 5.91 Å². The highest BCUT2D eigenvalue weighted by Crippen LogP contribution is 2.16. The van der Waals surface area contributed by atoms with Crippen LogP contribution in [0.1, 0.15) is 41.0 Å². The molecule has 0 saturated carbocycles. The highest BCUT2D eigenvalue weighted by molar-refractivity contribution is 7.17. The molecule has 0 atom stereocenters. The molecule has 0 unspecified atom stereocenters. The molecule has 108 valence electrons. The number of aliphatic carboxylic acids is 1. The van der Waals surface area contributed by atoms with E-state index < -0.39 is 5.97 Å². The average molecular weight is 295 g/mol. The zero-order valence-corrected chi connectivity index (χ0v) is 12.1. The number of hydrogen-bond acceptors (Lipinski definition) is 4. The molecule has 2 aromatic rings. The van der Waals surface area contributed by atoms with Crippen LogP contribution >= 0.6 is 11.3 Å². The fourth-order valence-corrected chi connectivity index (χ4v) is 2.70. The van der Waals surface area contributed by atoms with E-state index in [0.717, 1.165) is 22.7 Å². The Labute approximate surface area is 120 Å². The summed E-state index contributed by atoms with van der Waals surface area (Å²) < 4.78 is 1.85. The predicted octanol–water partition coefficient (Wildman–Crippen LogP) is 2.08. The van der Waals surface area contributed by atoms with Crippen LogP contribution in [0.4, 0.5) is 0 Å². The fourth-order valence-electron chi connectivity index (χ4n) is 1.89. The van der Waals surface area contributed by atoms with Crippen molar-refractivity contribution in [3.63, 3.8) is 0 Å². The second-order valence-corrected chi connectivity index (χ2v) is 5.83. The van der Waals surface area contributed by atoms with E-state index in [2.05, 4.69) is 10.3 Å². The predicted molar refractivity (Wildman–Crippen MR) is 76.2 cm³/mol. The van der Waals surface area contributed by atoms with Crippen molar-refractivity contribution in [1.29, 1.82) is 0 Å². The van der Waals surface area contributed by atoms with Crippen LogP contribution in [-0.2, 0) is 4.79 Å². The number of aryl methyl sites for hydroxylation is 1. The summed E-state index contributed by atoms with van der Waals surface area (Å²) >= 11 is 1.54. The number of fused-ring (bicyclic) bond motifs is 1. The minimum Gasteiger partial charge on any atom is -0.481 e. The van der Waals surface area contributed by atoms with Gasteiger partial charge in [-0.2, -0.15) is 0 Å². The highest BCUT2D eigenvalue weighted by Gasteiger charge is 2.11. The van der Waals surface area contributed by atoms with Crippen LogP contribution in [0.15, 0.2) is 12.4 Å². The van der Waals surface area contributed by atoms with Crippen molar-refractivity contribution < 1.29 is 14.7 Å². The van der Waals surface area contributed by atoms with E-state index in [1.807, 2.05) is 17.5 Å². The van der Waals surface area contributed by atoms with Gasteiger partial charge in [-0.1, -0.05) is 6.42 Å². The lowest BCUT2D eigenvalue weighted by Gasteiger charge is -2.02. The zero-order valence-electron chi connectivity index (χ0n) is 11.3. The number of imidazole rings is 1. The van der Waals surface area contributed by atoms with Crippen LogP contribution in [0.5, 0.6) is 0 Å². The van der Waals surface area contributed by atoms with E-state index in [0.29, 0.717) is 18.7 Å². The Kier molecular flexibility index (Phi) is 4.73. The summed E-state index contributed by atoms with van der Waals surface area (Å²) in [5.41, 5.74) is 0.418. The van der Waals surface area contributed by atoms with E-state index >= 15 is 0 Å². The maximum atomic E-state index is 11.9. The molecule has 0 bridgehead atoms. The average Bonchev–Trinajstić information content (AvgIpc) is 2.89. The van der Waals surface area contributed by atoms with E-state index in [4.69, 9.17) is 5.11 Å². The standard InChI is InChI=1S/C13H17N3O3S/c1-9-7-16-8-10(15-13(16)20-9)12(19)14-6-4-2-3-5-11(17)18/h7-8H,2-6H2,1H3,(H,14,19)(H,17,18). The van der Waals surface area contributed by atoms with Gasteiger partial charge in [0.15, 0.2) is 4.96 Å². The van der Waals surface area contributed by atoms with Crippen LogP contribution in [-0.4, -0.2) is 32.9 Å². The second kappa shape index (κ2) is 6.51. The molecule has 1 amide bonds. The largest absolute Gasteiger partial charge is 0.481 e. The van der Waals surface area contributed by atoms with E-state index in [1.165, 1.54) is 0 Å². The number of hydrogen-bond donors (Lipinski definition) is 2. The van der Waals surface area contributed by atoms with Gasteiger partial charge in [-0.25, -0.2) is 4.98 Å². The number of nitrogens with one attached hydrogen (secondary N) is 1. The summed E-state index contributed by atoms with van der Waals surface area (Å²) in [5.74, 6) is -0.959. The Balaban J connectivity index is 1.74. The molecule has 0 aliphatic rings. The molecule has 2 aromatic heterocycles. The van der Waals surface area contributed by atoms with Crippen molar-refractivity contribution in [3.8, 4) is 0 Å². The van der Waals surface area contributed by atoms with Gasteiger partial charge in [-0.05, 0) is 19.8 Å². The minimum atomic E-state index is -0.776. The molecule has 0 saturated heterocycles. The molecule has 0 spiro atoms. The van der Waals surface area contributed by atoms with Gasteiger partial charge in [0.1, 0.15) is 5.69 Å². The number of carboxylic acid groups (broad SMARTS) is 1. The van der Waals surface area contributed by atoms with Gasteiger partial charge in [0.05, 0.1) is 0 Å². The third-order valence-corrected chi connectivity index (χ3v) is 3.77. The summed E-state index contributed by atoms with van der Waals surface area (Å²) in [6.07, 6.45) is 6.06. The Bertz CT molecular complexity index is 586. The fraction of sp³-hybridized carbons (Fsp3) is 0.462. The van der Waals surface area contributed by atoms with Gasteiger partial charge in [0.2, 0.25) is 0 Å². The molecule has 20 heavy (non-hydrogen) atoms. The number of rotatable bonds is 7. The normalized spacial score (nSPS) is 10.8. The molecular weight excluding hydrogens is 278 g/mol. The van der Waals surface area contributed by atoms with Gasteiger partial charge < -0.3 is 10.4 Å². The molecular formula is C13H17N3O3S. The number of carbonyl (C=O) groups is 2. The maximum absolute atomic E-state index is 11.9. The number of thiazole rings is 1. The van der Waals surface area contributed by atoms with Crippen molar-refractivity contribution in [2.24, 2.45) is 0 Å². The van der Waals surface area contributed by atoms with Gasteiger partial charge in [0, 0.05) is 30.2 Å².